The van der Waals surface area contributed by atoms with Gasteiger partial charge in [0.15, 0.2) is 0 Å². The highest BCUT2D eigenvalue weighted by atomic mass is 35.5. The number of aromatic nitrogens is 2. The van der Waals surface area contributed by atoms with Crippen LogP contribution in [0.5, 0.6) is 0 Å². The van der Waals surface area contributed by atoms with Crippen LogP contribution < -0.4 is 4.90 Å². The van der Waals surface area contributed by atoms with Gasteiger partial charge in [0, 0.05) is 48.9 Å². The van der Waals surface area contributed by atoms with Crippen LogP contribution in [0, 0.1) is 6.92 Å². The molecule has 0 aliphatic carbocycles. The molecule has 2 heterocycles. The van der Waals surface area contributed by atoms with E-state index in [1.807, 2.05) is 37.3 Å². The summed E-state index contributed by atoms with van der Waals surface area (Å²) in [4.78, 5) is 6.76. The molecule has 1 aromatic heterocycles. The second-order valence-electron chi connectivity index (χ2n) is 7.21. The van der Waals surface area contributed by atoms with Gasteiger partial charge in [-0.05, 0) is 42.8 Å². The molecule has 4 rings (SSSR count). The third kappa shape index (κ3) is 4.08. The van der Waals surface area contributed by atoms with Crippen LogP contribution in [0.4, 0.5) is 5.69 Å². The zero-order chi connectivity index (χ0) is 21.3. The maximum Gasteiger partial charge on any atom is 0.243 e. The Kier molecular flexibility index (Phi) is 5.81. The van der Waals surface area contributed by atoms with Crippen molar-refractivity contribution in [1.82, 2.24) is 14.4 Å². The Bertz CT molecular complexity index is 1140. The molecule has 1 fully saturated rings. The zero-order valence-electron chi connectivity index (χ0n) is 16.9. The van der Waals surface area contributed by atoms with Gasteiger partial charge in [-0.25, -0.2) is 8.42 Å². The molecule has 0 amide bonds. The smallest absolute Gasteiger partial charge is 0.243 e. The molecule has 158 valence electrons. The fraction of sp³-hybridized carbons (Fsp3) is 0.333. The van der Waals surface area contributed by atoms with Crippen molar-refractivity contribution < 1.29 is 12.9 Å². The number of aryl methyl sites for hydroxylation is 2. The van der Waals surface area contributed by atoms with Gasteiger partial charge in [0.2, 0.25) is 21.7 Å². The third-order valence-corrected chi connectivity index (χ3v) is 7.56. The van der Waals surface area contributed by atoms with Gasteiger partial charge in [0.1, 0.15) is 0 Å². The van der Waals surface area contributed by atoms with Crippen molar-refractivity contribution in [3.63, 3.8) is 0 Å². The first kappa shape index (κ1) is 20.8. The molecule has 0 bridgehead atoms. The normalized spacial score (nSPS) is 15.5. The second-order valence-corrected chi connectivity index (χ2v) is 9.56. The number of halogens is 1. The number of sulfonamides is 1. The fourth-order valence-electron chi connectivity index (χ4n) is 3.51. The van der Waals surface area contributed by atoms with E-state index in [0.29, 0.717) is 60.5 Å². The van der Waals surface area contributed by atoms with Crippen LogP contribution in [0.1, 0.15) is 18.4 Å². The number of piperazine rings is 1. The van der Waals surface area contributed by atoms with Crippen molar-refractivity contribution in [2.24, 2.45) is 0 Å². The molecular formula is C21H23ClN4O3S. The first-order valence-electron chi connectivity index (χ1n) is 9.83. The minimum absolute atomic E-state index is 0.280. The summed E-state index contributed by atoms with van der Waals surface area (Å²) in [7, 11) is -3.63. The molecule has 1 saturated heterocycles. The fourth-order valence-corrected chi connectivity index (χ4v) is 5.31. The molecular weight excluding hydrogens is 424 g/mol. The van der Waals surface area contributed by atoms with Crippen molar-refractivity contribution >= 4 is 27.3 Å². The van der Waals surface area contributed by atoms with Gasteiger partial charge in [0.05, 0.1) is 4.90 Å². The second kappa shape index (κ2) is 8.37. The summed E-state index contributed by atoms with van der Waals surface area (Å²) >= 11 is 5.96. The number of hydrogen-bond donors (Lipinski definition) is 0. The minimum atomic E-state index is -3.63. The first-order chi connectivity index (χ1) is 14.4. The molecule has 0 spiro atoms. The van der Waals surface area contributed by atoms with E-state index in [9.17, 15) is 8.42 Å². The highest BCUT2D eigenvalue weighted by Crippen LogP contribution is 2.27. The van der Waals surface area contributed by atoms with Crippen LogP contribution in [-0.2, 0) is 16.4 Å². The summed E-state index contributed by atoms with van der Waals surface area (Å²) in [5.74, 6) is 0.921. The number of rotatable bonds is 5. The van der Waals surface area contributed by atoms with Crippen molar-refractivity contribution in [2.45, 2.75) is 25.2 Å². The number of benzene rings is 2. The summed E-state index contributed by atoms with van der Waals surface area (Å²) < 4.78 is 33.4. The Morgan fingerprint density at radius 3 is 2.40 bits per heavy atom. The van der Waals surface area contributed by atoms with E-state index in [1.165, 1.54) is 0 Å². The van der Waals surface area contributed by atoms with E-state index in [4.69, 9.17) is 16.1 Å². The molecule has 0 unspecified atom stereocenters. The Balaban J connectivity index is 1.55. The SMILES string of the molecule is CCc1nc(-c2ccc(C)c(S(=O)(=O)N3CCN(c4ccc(Cl)cc4)CC3)c2)no1. The third-order valence-electron chi connectivity index (χ3n) is 5.27. The molecule has 0 atom stereocenters. The van der Waals surface area contributed by atoms with Crippen LogP contribution in [-0.4, -0.2) is 49.0 Å². The monoisotopic (exact) mass is 446 g/mol. The Morgan fingerprint density at radius 1 is 1.07 bits per heavy atom. The van der Waals surface area contributed by atoms with E-state index in [0.717, 1.165) is 5.69 Å². The predicted molar refractivity (Wildman–Crippen MR) is 116 cm³/mol. The van der Waals surface area contributed by atoms with Gasteiger partial charge in [-0.15, -0.1) is 0 Å². The Morgan fingerprint density at radius 2 is 1.77 bits per heavy atom. The van der Waals surface area contributed by atoms with E-state index < -0.39 is 10.0 Å². The van der Waals surface area contributed by atoms with E-state index in [2.05, 4.69) is 15.0 Å². The molecule has 0 N–H and O–H groups in total. The average molecular weight is 447 g/mol. The predicted octanol–water partition coefficient (Wildman–Crippen LogP) is 3.77. The lowest BCUT2D eigenvalue weighted by atomic mass is 10.1. The molecule has 30 heavy (non-hydrogen) atoms. The van der Waals surface area contributed by atoms with E-state index >= 15 is 0 Å². The van der Waals surface area contributed by atoms with Crippen molar-refractivity contribution in [3.8, 4) is 11.4 Å². The molecule has 7 nitrogen and oxygen atoms in total. The van der Waals surface area contributed by atoms with E-state index in [-0.39, 0.29) is 4.90 Å². The lowest BCUT2D eigenvalue weighted by molar-refractivity contribution is 0.382. The topological polar surface area (TPSA) is 79.5 Å². The van der Waals surface area contributed by atoms with Gasteiger partial charge >= 0.3 is 0 Å². The summed E-state index contributed by atoms with van der Waals surface area (Å²) in [5.41, 5.74) is 2.36. The van der Waals surface area contributed by atoms with Crippen LogP contribution in [0.2, 0.25) is 5.02 Å². The van der Waals surface area contributed by atoms with Gasteiger partial charge in [-0.2, -0.15) is 9.29 Å². The number of hydrogen-bond acceptors (Lipinski definition) is 6. The van der Waals surface area contributed by atoms with Gasteiger partial charge in [-0.3, -0.25) is 0 Å². The molecule has 2 aromatic carbocycles. The molecule has 9 heteroatoms. The lowest BCUT2D eigenvalue weighted by Crippen LogP contribution is -2.48. The van der Waals surface area contributed by atoms with E-state index in [1.54, 1.807) is 23.4 Å². The largest absolute Gasteiger partial charge is 0.369 e. The average Bonchev–Trinajstić information content (AvgIpc) is 3.24. The Hall–Kier alpha value is -2.42. The van der Waals surface area contributed by atoms with Crippen molar-refractivity contribution in [3.05, 3.63) is 58.9 Å². The molecule has 0 saturated carbocycles. The summed E-state index contributed by atoms with van der Waals surface area (Å²) in [6, 6.07) is 12.8. The maximum absolute atomic E-state index is 13.4. The number of anilines is 1. The highest BCUT2D eigenvalue weighted by molar-refractivity contribution is 7.89. The molecule has 1 aliphatic heterocycles. The highest BCUT2D eigenvalue weighted by Gasteiger charge is 2.30. The van der Waals surface area contributed by atoms with Crippen molar-refractivity contribution in [1.29, 1.82) is 0 Å². The quantitative estimate of drug-likeness (QED) is 0.593. The summed E-state index contributed by atoms with van der Waals surface area (Å²) in [6.45, 7) is 5.78. The zero-order valence-corrected chi connectivity index (χ0v) is 18.4. The molecule has 0 radical (unpaired) electrons. The van der Waals surface area contributed by atoms with Gasteiger partial charge < -0.3 is 9.42 Å². The molecule has 1 aliphatic rings. The van der Waals surface area contributed by atoms with Crippen LogP contribution in [0.25, 0.3) is 11.4 Å². The minimum Gasteiger partial charge on any atom is -0.369 e. The summed E-state index contributed by atoms with van der Waals surface area (Å²) in [6.07, 6.45) is 0.627. The van der Waals surface area contributed by atoms with Crippen LogP contribution >= 0.6 is 11.6 Å². The lowest BCUT2D eigenvalue weighted by Gasteiger charge is -2.35. The van der Waals surface area contributed by atoms with Crippen LogP contribution in [0.15, 0.2) is 51.9 Å². The first-order valence-corrected chi connectivity index (χ1v) is 11.6. The van der Waals surface area contributed by atoms with Crippen LogP contribution in [0.3, 0.4) is 0 Å². The summed E-state index contributed by atoms with van der Waals surface area (Å²) in [5, 5.41) is 4.65. The Labute approximate surface area is 181 Å². The van der Waals surface area contributed by atoms with Crippen molar-refractivity contribution in [2.75, 3.05) is 31.1 Å². The van der Waals surface area contributed by atoms with Gasteiger partial charge in [0.25, 0.3) is 0 Å². The standard InChI is InChI=1S/C21H23ClN4O3S/c1-3-20-23-21(24-29-20)16-5-4-15(2)19(14-16)30(27,28)26-12-10-25(11-13-26)18-8-6-17(22)7-9-18/h4-9,14H,3,10-13H2,1-2H3. The maximum atomic E-state index is 13.4. The number of nitrogens with zero attached hydrogens (tertiary/aromatic N) is 4. The van der Waals surface area contributed by atoms with Gasteiger partial charge in [-0.1, -0.05) is 35.8 Å². The molecule has 3 aromatic rings.